The zero-order chi connectivity index (χ0) is 9.90. The number of nitrogens with zero attached hydrogens (tertiary/aromatic N) is 2. The molecule has 0 aromatic carbocycles. The minimum atomic E-state index is -1.05. The molecule has 0 aliphatic heterocycles. The molecule has 13 heavy (non-hydrogen) atoms. The second kappa shape index (κ2) is 3.81. The van der Waals surface area contributed by atoms with Gasteiger partial charge in [-0.05, 0) is 13.8 Å². The van der Waals surface area contributed by atoms with Crippen LogP contribution in [-0.4, -0.2) is 28.3 Å². The quantitative estimate of drug-likeness (QED) is 0.748. The first kappa shape index (κ1) is 10.1. The van der Waals surface area contributed by atoms with Crippen molar-refractivity contribution in [3.05, 3.63) is 24.3 Å². The third-order valence-corrected chi connectivity index (χ3v) is 2.29. The summed E-state index contributed by atoms with van der Waals surface area (Å²) in [4.78, 5) is 7.68. The van der Waals surface area contributed by atoms with Crippen molar-refractivity contribution in [2.45, 2.75) is 25.6 Å². The molecule has 0 amide bonds. The zero-order valence-electron chi connectivity index (χ0n) is 8.06. The molecule has 0 aliphatic carbocycles. The third kappa shape index (κ3) is 2.02. The van der Waals surface area contributed by atoms with Gasteiger partial charge in [0.15, 0.2) is 0 Å². The molecule has 4 nitrogen and oxygen atoms in total. The predicted molar refractivity (Wildman–Crippen MR) is 48.1 cm³/mol. The second-order valence-corrected chi connectivity index (χ2v) is 3.15. The Hall–Kier alpha value is -1.00. The van der Waals surface area contributed by atoms with E-state index >= 15 is 0 Å². The minimum Gasteiger partial charge on any atom is -0.383 e. The Morgan fingerprint density at radius 1 is 1.46 bits per heavy atom. The Morgan fingerprint density at radius 3 is 2.46 bits per heavy atom. The van der Waals surface area contributed by atoms with Gasteiger partial charge < -0.3 is 9.84 Å². The molecule has 2 atom stereocenters. The average Bonchev–Trinajstić information content (AvgIpc) is 2.18. The average molecular weight is 182 g/mol. The van der Waals surface area contributed by atoms with Gasteiger partial charge in [0.1, 0.15) is 11.9 Å². The van der Waals surface area contributed by atoms with Crippen LogP contribution in [0.2, 0.25) is 0 Å². The highest BCUT2D eigenvalue weighted by molar-refractivity contribution is 5.14. The van der Waals surface area contributed by atoms with Crippen LogP contribution in [0.3, 0.4) is 0 Å². The Bertz CT molecular complexity index is 262. The van der Waals surface area contributed by atoms with Gasteiger partial charge in [-0.1, -0.05) is 0 Å². The fourth-order valence-corrected chi connectivity index (χ4v) is 1.02. The molecule has 0 spiro atoms. The van der Waals surface area contributed by atoms with Crippen LogP contribution in [0.5, 0.6) is 0 Å². The summed E-state index contributed by atoms with van der Waals surface area (Å²) >= 11 is 0. The number of aromatic nitrogens is 2. The molecule has 0 fully saturated rings. The Kier molecular flexibility index (Phi) is 2.95. The molecular weight excluding hydrogens is 168 g/mol. The van der Waals surface area contributed by atoms with Gasteiger partial charge >= 0.3 is 0 Å². The first-order valence-electron chi connectivity index (χ1n) is 4.09. The van der Waals surface area contributed by atoms with Crippen LogP contribution in [0.4, 0.5) is 0 Å². The van der Waals surface area contributed by atoms with Gasteiger partial charge in [0.2, 0.25) is 0 Å². The molecule has 0 bridgehead atoms. The van der Waals surface area contributed by atoms with Gasteiger partial charge in [0.25, 0.3) is 0 Å². The molecule has 2 unspecified atom stereocenters. The van der Waals surface area contributed by atoms with Crippen molar-refractivity contribution >= 4 is 0 Å². The largest absolute Gasteiger partial charge is 0.383 e. The predicted octanol–water partition coefficient (Wildman–Crippen LogP) is 0.719. The summed E-state index contributed by atoms with van der Waals surface area (Å²) in [5, 5.41) is 10.0. The summed E-state index contributed by atoms with van der Waals surface area (Å²) < 4.78 is 5.06. The maximum absolute atomic E-state index is 10.0. The lowest BCUT2D eigenvalue weighted by Gasteiger charge is -2.28. The SMILES string of the molecule is COC(C)C(C)(O)c1cncnc1. The van der Waals surface area contributed by atoms with E-state index in [4.69, 9.17) is 4.74 Å². The molecule has 0 saturated heterocycles. The van der Waals surface area contributed by atoms with E-state index in [1.54, 1.807) is 33.4 Å². The van der Waals surface area contributed by atoms with Crippen molar-refractivity contribution in [1.82, 2.24) is 9.97 Å². The molecular formula is C9H14N2O2. The Morgan fingerprint density at radius 2 is 2.00 bits per heavy atom. The summed E-state index contributed by atoms with van der Waals surface area (Å²) in [5.41, 5.74) is -0.389. The summed E-state index contributed by atoms with van der Waals surface area (Å²) in [6.07, 6.45) is 4.31. The lowest BCUT2D eigenvalue weighted by Crippen LogP contribution is -2.35. The van der Waals surface area contributed by atoms with E-state index in [9.17, 15) is 5.11 Å². The molecule has 1 aromatic heterocycles. The number of rotatable bonds is 3. The summed E-state index contributed by atoms with van der Waals surface area (Å²) in [5.74, 6) is 0. The fraction of sp³-hybridized carbons (Fsp3) is 0.556. The Labute approximate surface area is 77.6 Å². The highest BCUT2D eigenvalue weighted by Gasteiger charge is 2.30. The number of ether oxygens (including phenoxy) is 1. The van der Waals surface area contributed by atoms with E-state index < -0.39 is 5.60 Å². The maximum Gasteiger partial charge on any atom is 0.116 e. The monoisotopic (exact) mass is 182 g/mol. The molecule has 0 saturated carbocycles. The van der Waals surface area contributed by atoms with Crippen LogP contribution in [0.15, 0.2) is 18.7 Å². The highest BCUT2D eigenvalue weighted by atomic mass is 16.5. The van der Waals surface area contributed by atoms with Crippen molar-refractivity contribution in [3.63, 3.8) is 0 Å². The molecule has 0 aliphatic rings. The van der Waals surface area contributed by atoms with Crippen LogP contribution in [0.25, 0.3) is 0 Å². The van der Waals surface area contributed by atoms with Crippen molar-refractivity contribution in [2.75, 3.05) is 7.11 Å². The van der Waals surface area contributed by atoms with Gasteiger partial charge in [-0.2, -0.15) is 0 Å². The van der Waals surface area contributed by atoms with Crippen LogP contribution >= 0.6 is 0 Å². The highest BCUT2D eigenvalue weighted by Crippen LogP contribution is 2.24. The molecule has 1 heterocycles. The molecule has 72 valence electrons. The van der Waals surface area contributed by atoms with Gasteiger partial charge in [0.05, 0.1) is 6.10 Å². The van der Waals surface area contributed by atoms with Crippen LogP contribution in [-0.2, 0) is 10.3 Å². The van der Waals surface area contributed by atoms with E-state index in [-0.39, 0.29) is 6.10 Å². The van der Waals surface area contributed by atoms with E-state index in [0.29, 0.717) is 5.56 Å². The van der Waals surface area contributed by atoms with Gasteiger partial charge in [-0.3, -0.25) is 0 Å². The second-order valence-electron chi connectivity index (χ2n) is 3.15. The maximum atomic E-state index is 10.0. The molecule has 1 N–H and O–H groups in total. The number of methoxy groups -OCH3 is 1. The van der Waals surface area contributed by atoms with E-state index in [2.05, 4.69) is 9.97 Å². The summed E-state index contributed by atoms with van der Waals surface area (Å²) in [7, 11) is 1.56. The third-order valence-electron chi connectivity index (χ3n) is 2.29. The number of hydrogen-bond donors (Lipinski definition) is 1. The Balaban J connectivity index is 2.93. The van der Waals surface area contributed by atoms with Gasteiger partial charge in [0, 0.05) is 25.1 Å². The van der Waals surface area contributed by atoms with Crippen molar-refractivity contribution in [2.24, 2.45) is 0 Å². The number of hydrogen-bond acceptors (Lipinski definition) is 4. The normalized spacial score (nSPS) is 17.8. The van der Waals surface area contributed by atoms with Crippen molar-refractivity contribution in [1.29, 1.82) is 0 Å². The molecule has 4 heteroatoms. The van der Waals surface area contributed by atoms with E-state index in [0.717, 1.165) is 0 Å². The topological polar surface area (TPSA) is 55.2 Å². The first-order chi connectivity index (χ1) is 6.09. The number of aliphatic hydroxyl groups is 1. The fourth-order valence-electron chi connectivity index (χ4n) is 1.02. The van der Waals surface area contributed by atoms with Gasteiger partial charge in [-0.25, -0.2) is 9.97 Å². The van der Waals surface area contributed by atoms with Crippen molar-refractivity contribution < 1.29 is 9.84 Å². The lowest BCUT2D eigenvalue weighted by atomic mass is 9.93. The molecule has 1 rings (SSSR count). The van der Waals surface area contributed by atoms with E-state index in [1.165, 1.54) is 6.33 Å². The lowest BCUT2D eigenvalue weighted by molar-refractivity contribution is -0.0775. The zero-order valence-corrected chi connectivity index (χ0v) is 8.06. The van der Waals surface area contributed by atoms with Crippen LogP contribution < -0.4 is 0 Å². The summed E-state index contributed by atoms with van der Waals surface area (Å²) in [6, 6.07) is 0. The first-order valence-corrected chi connectivity index (χ1v) is 4.09. The standard InChI is InChI=1S/C9H14N2O2/c1-7(13-3)9(2,12)8-4-10-6-11-5-8/h4-7,12H,1-3H3. The molecule has 1 aromatic rings. The smallest absolute Gasteiger partial charge is 0.116 e. The molecule has 0 radical (unpaired) electrons. The summed E-state index contributed by atoms with van der Waals surface area (Å²) in [6.45, 7) is 3.48. The van der Waals surface area contributed by atoms with Crippen LogP contribution in [0.1, 0.15) is 19.4 Å². The van der Waals surface area contributed by atoms with Crippen LogP contribution in [0, 0.1) is 0 Å². The van der Waals surface area contributed by atoms with E-state index in [1.807, 2.05) is 0 Å². The minimum absolute atomic E-state index is 0.293. The van der Waals surface area contributed by atoms with Crippen molar-refractivity contribution in [3.8, 4) is 0 Å². The van der Waals surface area contributed by atoms with Gasteiger partial charge in [-0.15, -0.1) is 0 Å².